The number of ether oxygens (including phenoxy) is 2. The van der Waals surface area contributed by atoms with Gasteiger partial charge in [-0.15, -0.1) is 0 Å². The number of imidazole rings is 1. The second-order valence-corrected chi connectivity index (χ2v) is 9.52. The van der Waals surface area contributed by atoms with E-state index < -0.39 is 17.7 Å². The number of fused-ring (bicyclic) bond motifs is 1. The first-order valence-electron chi connectivity index (χ1n) is 12.7. The lowest BCUT2D eigenvalue weighted by Crippen LogP contribution is -2.31. The van der Waals surface area contributed by atoms with Gasteiger partial charge in [0, 0.05) is 37.5 Å². The van der Waals surface area contributed by atoms with Crippen LogP contribution < -0.4 is 9.47 Å². The number of ketones is 1. The number of hydrogen-bond donors (Lipinski definition) is 1. The van der Waals surface area contributed by atoms with Gasteiger partial charge in [0.05, 0.1) is 24.5 Å². The molecule has 8 heteroatoms. The smallest absolute Gasteiger partial charge is 0.295 e. The molecule has 0 unspecified atom stereocenters. The number of rotatable bonds is 9. The molecule has 1 amide bonds. The Balaban J connectivity index is 1.53. The minimum atomic E-state index is -0.726. The molecule has 2 aliphatic heterocycles. The molecule has 3 heterocycles. The van der Waals surface area contributed by atoms with Crippen molar-refractivity contribution in [2.45, 2.75) is 51.8 Å². The van der Waals surface area contributed by atoms with Crippen molar-refractivity contribution >= 4 is 17.4 Å². The fourth-order valence-electron chi connectivity index (χ4n) is 5.02. The van der Waals surface area contributed by atoms with Gasteiger partial charge in [-0.05, 0) is 61.2 Å². The molecule has 0 spiro atoms. The molecule has 3 aromatic rings. The molecule has 5 rings (SSSR count). The zero-order valence-electron chi connectivity index (χ0n) is 21.1. The van der Waals surface area contributed by atoms with Gasteiger partial charge in [-0.2, -0.15) is 0 Å². The molecule has 2 aromatic carbocycles. The summed E-state index contributed by atoms with van der Waals surface area (Å²) in [6, 6.07) is 12.1. The Morgan fingerprint density at radius 2 is 2.05 bits per heavy atom. The molecular formula is C29H31N3O5. The lowest BCUT2D eigenvalue weighted by atomic mass is 9.94. The van der Waals surface area contributed by atoms with Crippen LogP contribution in [0.5, 0.6) is 11.5 Å². The van der Waals surface area contributed by atoms with Crippen LogP contribution >= 0.6 is 0 Å². The van der Waals surface area contributed by atoms with Crippen molar-refractivity contribution < 1.29 is 24.2 Å². The predicted octanol–water partition coefficient (Wildman–Crippen LogP) is 4.51. The second kappa shape index (κ2) is 10.5. The number of aliphatic hydroxyl groups is 1. The highest BCUT2D eigenvalue weighted by Gasteiger charge is 2.46. The SMILES string of the molecule is CCCOc1cccc([C@H]2C(=C(O)c3ccc4c(c3)C[C@H](C)O4)C(=O)C(=O)N2CCCn2ccnc2)c1. The molecule has 37 heavy (non-hydrogen) atoms. The van der Waals surface area contributed by atoms with Crippen molar-refractivity contribution in [3.05, 3.63) is 83.4 Å². The summed E-state index contributed by atoms with van der Waals surface area (Å²) in [5.41, 5.74) is 2.27. The topological polar surface area (TPSA) is 93.9 Å². The fraction of sp³-hybridized carbons (Fsp3) is 0.345. The summed E-state index contributed by atoms with van der Waals surface area (Å²) in [6.07, 6.45) is 7.55. The number of carbonyl (C=O) groups is 2. The fourth-order valence-corrected chi connectivity index (χ4v) is 5.02. The minimum absolute atomic E-state index is 0.0549. The third kappa shape index (κ3) is 4.96. The minimum Gasteiger partial charge on any atom is -0.507 e. The van der Waals surface area contributed by atoms with E-state index in [0.29, 0.717) is 37.4 Å². The maximum Gasteiger partial charge on any atom is 0.295 e. The van der Waals surface area contributed by atoms with Gasteiger partial charge in [-0.3, -0.25) is 9.59 Å². The van der Waals surface area contributed by atoms with Crippen LogP contribution in [-0.2, 0) is 22.6 Å². The number of hydrogen-bond acceptors (Lipinski definition) is 6. The summed E-state index contributed by atoms with van der Waals surface area (Å²) < 4.78 is 13.5. The summed E-state index contributed by atoms with van der Waals surface area (Å²) in [4.78, 5) is 32.3. The lowest BCUT2D eigenvalue weighted by molar-refractivity contribution is -0.139. The van der Waals surface area contributed by atoms with E-state index in [1.54, 1.807) is 23.5 Å². The number of aromatic nitrogens is 2. The van der Waals surface area contributed by atoms with Crippen molar-refractivity contribution in [3.63, 3.8) is 0 Å². The maximum absolute atomic E-state index is 13.4. The molecule has 1 saturated heterocycles. The van der Waals surface area contributed by atoms with Crippen LogP contribution in [0.2, 0.25) is 0 Å². The number of likely N-dealkylation sites (tertiary alicyclic amines) is 1. The molecule has 0 radical (unpaired) electrons. The van der Waals surface area contributed by atoms with E-state index in [9.17, 15) is 14.7 Å². The van der Waals surface area contributed by atoms with Gasteiger partial charge in [0.15, 0.2) is 0 Å². The van der Waals surface area contributed by atoms with E-state index in [2.05, 4.69) is 4.98 Å². The highest BCUT2D eigenvalue weighted by Crippen LogP contribution is 2.41. The van der Waals surface area contributed by atoms with Gasteiger partial charge in [0.1, 0.15) is 23.4 Å². The first-order valence-corrected chi connectivity index (χ1v) is 12.7. The monoisotopic (exact) mass is 501 g/mol. The van der Waals surface area contributed by atoms with Crippen LogP contribution in [0.4, 0.5) is 0 Å². The standard InChI is InChI=1S/C29H31N3O5/c1-3-14-36-23-7-4-6-20(17-23)26-25(27(33)21-8-9-24-22(16-21)15-19(2)37-24)28(34)29(35)32(26)12-5-11-31-13-10-30-18-31/h4,6-10,13,16-19,26,33H,3,5,11-12,14-15H2,1-2H3/t19-,26-/m0/s1. The van der Waals surface area contributed by atoms with Crippen molar-refractivity contribution in [3.8, 4) is 11.5 Å². The zero-order chi connectivity index (χ0) is 25.9. The third-order valence-corrected chi connectivity index (χ3v) is 6.73. The molecule has 0 bridgehead atoms. The van der Waals surface area contributed by atoms with Crippen molar-refractivity contribution in [2.75, 3.05) is 13.2 Å². The van der Waals surface area contributed by atoms with E-state index >= 15 is 0 Å². The van der Waals surface area contributed by atoms with Crippen LogP contribution in [0.15, 0.2) is 66.8 Å². The molecule has 0 saturated carbocycles. The summed E-state index contributed by atoms with van der Waals surface area (Å²) in [7, 11) is 0. The van der Waals surface area contributed by atoms with Gasteiger partial charge in [-0.1, -0.05) is 19.1 Å². The number of nitrogens with zero attached hydrogens (tertiary/aromatic N) is 3. The molecule has 2 aliphatic rings. The number of amides is 1. The Bertz CT molecular complexity index is 1330. The van der Waals surface area contributed by atoms with Crippen molar-refractivity contribution in [1.29, 1.82) is 0 Å². The van der Waals surface area contributed by atoms with Crippen LogP contribution in [0.3, 0.4) is 0 Å². The van der Waals surface area contributed by atoms with E-state index in [0.717, 1.165) is 29.7 Å². The summed E-state index contributed by atoms with van der Waals surface area (Å²) >= 11 is 0. The molecule has 1 aromatic heterocycles. The summed E-state index contributed by atoms with van der Waals surface area (Å²) in [6.45, 7) is 5.58. The zero-order valence-corrected chi connectivity index (χ0v) is 21.1. The third-order valence-electron chi connectivity index (χ3n) is 6.73. The maximum atomic E-state index is 13.4. The molecule has 1 N–H and O–H groups in total. The molecule has 0 aliphatic carbocycles. The summed E-state index contributed by atoms with van der Waals surface area (Å²) in [5.74, 6) is -0.0404. The first kappa shape index (κ1) is 24.6. The number of aliphatic hydroxyl groups excluding tert-OH is 1. The number of Topliss-reactive ketones (excluding diaryl/α,β-unsaturated/α-hetero) is 1. The Morgan fingerprint density at radius 3 is 2.84 bits per heavy atom. The van der Waals surface area contributed by atoms with Gasteiger partial charge in [-0.25, -0.2) is 4.98 Å². The van der Waals surface area contributed by atoms with Crippen molar-refractivity contribution in [1.82, 2.24) is 14.5 Å². The Labute approximate surface area is 216 Å². The van der Waals surface area contributed by atoms with Crippen LogP contribution in [0.1, 0.15) is 49.4 Å². The normalized spacial score (nSPS) is 20.2. The second-order valence-electron chi connectivity index (χ2n) is 9.52. The molecule has 192 valence electrons. The highest BCUT2D eigenvalue weighted by atomic mass is 16.5. The van der Waals surface area contributed by atoms with E-state index in [1.165, 1.54) is 0 Å². The Morgan fingerprint density at radius 1 is 1.19 bits per heavy atom. The number of carbonyl (C=O) groups excluding carboxylic acids is 2. The molecular weight excluding hydrogens is 470 g/mol. The van der Waals surface area contributed by atoms with Crippen LogP contribution in [0.25, 0.3) is 5.76 Å². The predicted molar refractivity (Wildman–Crippen MR) is 138 cm³/mol. The average Bonchev–Trinajstić information content (AvgIpc) is 3.61. The number of benzene rings is 2. The van der Waals surface area contributed by atoms with E-state index in [1.807, 2.05) is 61.0 Å². The average molecular weight is 502 g/mol. The van der Waals surface area contributed by atoms with Crippen molar-refractivity contribution in [2.24, 2.45) is 0 Å². The quantitative estimate of drug-likeness (QED) is 0.264. The van der Waals surface area contributed by atoms with Gasteiger partial charge < -0.3 is 24.0 Å². The summed E-state index contributed by atoms with van der Waals surface area (Å²) in [5, 5.41) is 11.4. The van der Waals surface area contributed by atoms with E-state index in [4.69, 9.17) is 9.47 Å². The lowest BCUT2D eigenvalue weighted by Gasteiger charge is -2.26. The largest absolute Gasteiger partial charge is 0.507 e. The van der Waals surface area contributed by atoms with Crippen LogP contribution in [-0.4, -0.2) is 50.5 Å². The Hall–Kier alpha value is -4.07. The van der Waals surface area contributed by atoms with Crippen LogP contribution in [0, 0.1) is 0 Å². The van der Waals surface area contributed by atoms with E-state index in [-0.39, 0.29) is 17.4 Å². The molecule has 8 nitrogen and oxygen atoms in total. The highest BCUT2D eigenvalue weighted by molar-refractivity contribution is 6.46. The first-order chi connectivity index (χ1) is 18.0. The van der Waals surface area contributed by atoms with Gasteiger partial charge >= 0.3 is 0 Å². The Kier molecular flexibility index (Phi) is 6.99. The number of aryl methyl sites for hydroxylation is 1. The van der Waals surface area contributed by atoms with Gasteiger partial charge in [0.25, 0.3) is 11.7 Å². The van der Waals surface area contributed by atoms with Gasteiger partial charge in [0.2, 0.25) is 0 Å². The molecule has 2 atom stereocenters. The molecule has 1 fully saturated rings.